The smallest absolute Gasteiger partial charge is 0.134 e. The normalized spacial score (nSPS) is 18.5. The van der Waals surface area contributed by atoms with Gasteiger partial charge in [-0.05, 0) is 32.3 Å². The number of benzene rings is 1. The van der Waals surface area contributed by atoms with Gasteiger partial charge in [-0.3, -0.25) is 0 Å². The summed E-state index contributed by atoms with van der Waals surface area (Å²) in [5.74, 6) is 1.10. The highest BCUT2D eigenvalue weighted by molar-refractivity contribution is 5.82. The van der Waals surface area contributed by atoms with Crippen molar-refractivity contribution in [2.24, 2.45) is 0 Å². The summed E-state index contributed by atoms with van der Waals surface area (Å²) in [6.45, 7) is 6.13. The minimum absolute atomic E-state index is 0.250. The van der Waals surface area contributed by atoms with Crippen molar-refractivity contribution >= 4 is 11.0 Å². The Morgan fingerprint density at radius 2 is 2.00 bits per heavy atom. The van der Waals surface area contributed by atoms with E-state index in [1.807, 2.05) is 6.07 Å². The van der Waals surface area contributed by atoms with Crippen LogP contribution >= 0.6 is 0 Å². The van der Waals surface area contributed by atoms with Crippen LogP contribution in [-0.2, 0) is 11.2 Å². The van der Waals surface area contributed by atoms with Crippen molar-refractivity contribution in [2.75, 3.05) is 13.2 Å². The molecule has 1 saturated heterocycles. The maximum Gasteiger partial charge on any atom is 0.134 e. The molecule has 0 amide bonds. The summed E-state index contributed by atoms with van der Waals surface area (Å²) in [6, 6.07) is 9.11. The molecule has 1 unspecified atom stereocenters. The van der Waals surface area contributed by atoms with Crippen LogP contribution in [0.1, 0.15) is 44.1 Å². The molecule has 2 aromatic rings. The Morgan fingerprint density at radius 3 is 2.75 bits per heavy atom. The summed E-state index contributed by atoms with van der Waals surface area (Å²) in [5.41, 5.74) is 2.34. The maximum atomic E-state index is 6.10. The maximum absolute atomic E-state index is 6.10. The monoisotopic (exact) mass is 273 g/mol. The van der Waals surface area contributed by atoms with E-state index in [-0.39, 0.29) is 6.04 Å². The molecular formula is C17H23NO2. The molecule has 1 aliphatic heterocycles. The lowest BCUT2D eigenvalue weighted by Crippen LogP contribution is -2.36. The van der Waals surface area contributed by atoms with E-state index in [2.05, 4.69) is 37.4 Å². The van der Waals surface area contributed by atoms with E-state index in [9.17, 15) is 0 Å². The third-order valence-electron chi connectivity index (χ3n) is 4.18. The Labute approximate surface area is 120 Å². The summed E-state index contributed by atoms with van der Waals surface area (Å²) >= 11 is 0. The number of para-hydroxylation sites is 1. The van der Waals surface area contributed by atoms with E-state index in [1.54, 1.807) is 0 Å². The third-order valence-corrected chi connectivity index (χ3v) is 4.18. The number of hydrogen-bond acceptors (Lipinski definition) is 3. The highest BCUT2D eigenvalue weighted by atomic mass is 16.5. The van der Waals surface area contributed by atoms with Gasteiger partial charge in [0.05, 0.1) is 6.04 Å². The molecule has 2 heterocycles. The molecule has 20 heavy (non-hydrogen) atoms. The van der Waals surface area contributed by atoms with Crippen LogP contribution in [0.4, 0.5) is 0 Å². The quantitative estimate of drug-likeness (QED) is 0.919. The first-order valence-electron chi connectivity index (χ1n) is 7.63. The molecule has 1 atom stereocenters. The summed E-state index contributed by atoms with van der Waals surface area (Å²) < 4.78 is 11.5. The van der Waals surface area contributed by atoms with Gasteiger partial charge in [-0.25, -0.2) is 0 Å². The van der Waals surface area contributed by atoms with Gasteiger partial charge < -0.3 is 14.5 Å². The zero-order valence-corrected chi connectivity index (χ0v) is 12.3. The minimum atomic E-state index is 0.250. The fourth-order valence-corrected chi connectivity index (χ4v) is 3.13. The average Bonchev–Trinajstić information content (AvgIpc) is 2.87. The fraction of sp³-hybridized carbons (Fsp3) is 0.529. The summed E-state index contributed by atoms with van der Waals surface area (Å²) in [4.78, 5) is 0. The van der Waals surface area contributed by atoms with Crippen molar-refractivity contribution in [3.63, 3.8) is 0 Å². The highest BCUT2D eigenvalue weighted by Gasteiger charge is 2.22. The predicted octanol–water partition coefficient (Wildman–Crippen LogP) is 3.82. The molecule has 0 aliphatic carbocycles. The van der Waals surface area contributed by atoms with E-state index < -0.39 is 0 Å². The van der Waals surface area contributed by atoms with Crippen LogP contribution in [0.3, 0.4) is 0 Å². The van der Waals surface area contributed by atoms with Crippen molar-refractivity contribution < 1.29 is 9.15 Å². The van der Waals surface area contributed by atoms with Gasteiger partial charge in [0, 0.05) is 30.2 Å². The third kappa shape index (κ3) is 2.60. The largest absolute Gasteiger partial charge is 0.459 e. The van der Waals surface area contributed by atoms with Gasteiger partial charge in [0.2, 0.25) is 0 Å². The van der Waals surface area contributed by atoms with Gasteiger partial charge in [0.1, 0.15) is 11.3 Å². The molecule has 1 aromatic carbocycles. The molecule has 1 aliphatic rings. The van der Waals surface area contributed by atoms with Crippen molar-refractivity contribution in [2.45, 2.75) is 45.2 Å². The lowest BCUT2D eigenvalue weighted by molar-refractivity contribution is 0.0747. The fourth-order valence-electron chi connectivity index (χ4n) is 3.13. The number of rotatable bonds is 4. The van der Waals surface area contributed by atoms with E-state index in [0.717, 1.165) is 43.8 Å². The Morgan fingerprint density at radius 1 is 1.25 bits per heavy atom. The average molecular weight is 273 g/mol. The van der Waals surface area contributed by atoms with Crippen LogP contribution in [-0.4, -0.2) is 19.3 Å². The molecule has 3 nitrogen and oxygen atoms in total. The van der Waals surface area contributed by atoms with Gasteiger partial charge >= 0.3 is 0 Å². The van der Waals surface area contributed by atoms with Gasteiger partial charge in [-0.15, -0.1) is 0 Å². The first kappa shape index (κ1) is 13.7. The molecule has 0 saturated carbocycles. The van der Waals surface area contributed by atoms with Crippen LogP contribution in [0, 0.1) is 0 Å². The van der Waals surface area contributed by atoms with Gasteiger partial charge in [-0.2, -0.15) is 0 Å². The van der Waals surface area contributed by atoms with Gasteiger partial charge in [0.15, 0.2) is 0 Å². The number of nitrogens with one attached hydrogen (secondary N) is 1. The van der Waals surface area contributed by atoms with Crippen molar-refractivity contribution in [1.29, 1.82) is 0 Å². The van der Waals surface area contributed by atoms with Crippen LogP contribution in [0.15, 0.2) is 28.7 Å². The minimum Gasteiger partial charge on any atom is -0.459 e. The number of ether oxygens (including phenoxy) is 1. The SMILES string of the molecule is CCc1c(C(C)NC2CCOCC2)oc2ccccc12. The van der Waals surface area contributed by atoms with Crippen LogP contribution in [0.25, 0.3) is 11.0 Å². The van der Waals surface area contributed by atoms with Crippen LogP contribution in [0.5, 0.6) is 0 Å². The van der Waals surface area contributed by atoms with Gasteiger partial charge in [0.25, 0.3) is 0 Å². The van der Waals surface area contributed by atoms with E-state index in [0.29, 0.717) is 6.04 Å². The molecule has 108 valence electrons. The second-order valence-electron chi connectivity index (χ2n) is 5.57. The molecule has 0 radical (unpaired) electrons. The number of furan rings is 1. The standard InChI is InChI=1S/C17H23NO2/c1-3-14-15-6-4-5-7-16(15)20-17(14)12(2)18-13-8-10-19-11-9-13/h4-7,12-13,18H,3,8-11H2,1-2H3. The van der Waals surface area contributed by atoms with Crippen molar-refractivity contribution in [3.05, 3.63) is 35.6 Å². The number of fused-ring (bicyclic) bond motifs is 1. The summed E-state index contributed by atoms with van der Waals surface area (Å²) in [6.07, 6.45) is 3.18. The van der Waals surface area contributed by atoms with Crippen molar-refractivity contribution in [1.82, 2.24) is 5.32 Å². The zero-order chi connectivity index (χ0) is 13.9. The first-order valence-corrected chi connectivity index (χ1v) is 7.63. The molecule has 0 spiro atoms. The number of hydrogen-bond donors (Lipinski definition) is 1. The molecular weight excluding hydrogens is 250 g/mol. The van der Waals surface area contributed by atoms with Gasteiger partial charge in [-0.1, -0.05) is 25.1 Å². The van der Waals surface area contributed by atoms with Crippen LogP contribution in [0.2, 0.25) is 0 Å². The Kier molecular flexibility index (Phi) is 4.08. The second-order valence-corrected chi connectivity index (χ2v) is 5.57. The molecule has 1 N–H and O–H groups in total. The predicted molar refractivity (Wildman–Crippen MR) is 81.0 cm³/mol. The van der Waals surface area contributed by atoms with E-state index >= 15 is 0 Å². The Balaban J connectivity index is 1.84. The lowest BCUT2D eigenvalue weighted by atomic mass is 10.0. The molecule has 0 bridgehead atoms. The first-order chi connectivity index (χ1) is 9.79. The Bertz CT molecular complexity index is 569. The van der Waals surface area contributed by atoms with Crippen LogP contribution < -0.4 is 5.32 Å². The summed E-state index contributed by atoms with van der Waals surface area (Å²) in [7, 11) is 0. The molecule has 3 heteroatoms. The highest BCUT2D eigenvalue weighted by Crippen LogP contribution is 2.31. The van der Waals surface area contributed by atoms with Crippen molar-refractivity contribution in [3.8, 4) is 0 Å². The molecule has 1 fully saturated rings. The van der Waals surface area contributed by atoms with E-state index in [1.165, 1.54) is 10.9 Å². The zero-order valence-electron chi connectivity index (χ0n) is 12.3. The Hall–Kier alpha value is -1.32. The topological polar surface area (TPSA) is 34.4 Å². The lowest BCUT2D eigenvalue weighted by Gasteiger charge is -2.26. The molecule has 3 rings (SSSR count). The van der Waals surface area contributed by atoms with E-state index in [4.69, 9.17) is 9.15 Å². The molecule has 1 aromatic heterocycles. The second kappa shape index (κ2) is 5.98. The number of aryl methyl sites for hydroxylation is 1. The summed E-state index contributed by atoms with van der Waals surface area (Å²) in [5, 5.41) is 4.95.